The van der Waals surface area contributed by atoms with Crippen LogP contribution in [0.3, 0.4) is 0 Å². The highest BCUT2D eigenvalue weighted by Gasteiger charge is 2.30. The van der Waals surface area contributed by atoms with Crippen molar-refractivity contribution < 1.29 is 27.5 Å². The van der Waals surface area contributed by atoms with Crippen molar-refractivity contribution in [2.24, 2.45) is 5.92 Å². The summed E-state index contributed by atoms with van der Waals surface area (Å²) in [5.74, 6) is -0.0561. The van der Waals surface area contributed by atoms with E-state index in [1.54, 1.807) is 4.90 Å². The van der Waals surface area contributed by atoms with Crippen molar-refractivity contribution in [3.8, 4) is 0 Å². The van der Waals surface area contributed by atoms with E-state index >= 15 is 0 Å². The summed E-state index contributed by atoms with van der Waals surface area (Å²) in [6.07, 6.45) is -1.66. The zero-order valence-corrected chi connectivity index (χ0v) is 14.6. The third kappa shape index (κ3) is 6.01. The molecule has 0 aromatic heterocycles. The van der Waals surface area contributed by atoms with Crippen LogP contribution in [0.2, 0.25) is 0 Å². The number of anilines is 1. The Balaban J connectivity index is 1.78. The molecule has 1 N–H and O–H groups in total. The highest BCUT2D eigenvalue weighted by molar-refractivity contribution is 5.90. The Morgan fingerprint density at radius 1 is 1.27 bits per heavy atom. The van der Waals surface area contributed by atoms with Gasteiger partial charge in [0.1, 0.15) is 6.61 Å². The Morgan fingerprint density at radius 3 is 2.58 bits per heavy atom. The lowest BCUT2D eigenvalue weighted by atomic mass is 9.93. The van der Waals surface area contributed by atoms with Crippen molar-refractivity contribution >= 4 is 17.5 Å². The van der Waals surface area contributed by atoms with Crippen LogP contribution in [0, 0.1) is 5.92 Å². The second-order valence-electron chi connectivity index (χ2n) is 6.44. The highest BCUT2D eigenvalue weighted by Crippen LogP contribution is 2.30. The molecule has 1 fully saturated rings. The van der Waals surface area contributed by atoms with Crippen LogP contribution in [0.5, 0.6) is 0 Å². The van der Waals surface area contributed by atoms with Crippen molar-refractivity contribution in [1.29, 1.82) is 0 Å². The number of hydrogen-bond acceptors (Lipinski definition) is 3. The maximum absolute atomic E-state index is 12.5. The van der Waals surface area contributed by atoms with Crippen LogP contribution in [-0.2, 0) is 20.5 Å². The number of carbonyl (C=O) groups is 2. The van der Waals surface area contributed by atoms with Gasteiger partial charge in [0.05, 0.1) is 5.56 Å². The highest BCUT2D eigenvalue weighted by atomic mass is 19.4. The van der Waals surface area contributed by atoms with Crippen LogP contribution in [0.4, 0.5) is 18.9 Å². The first-order valence-electron chi connectivity index (χ1n) is 8.53. The van der Waals surface area contributed by atoms with Crippen molar-refractivity contribution in [3.63, 3.8) is 0 Å². The monoisotopic (exact) mass is 372 g/mol. The van der Waals surface area contributed by atoms with Crippen LogP contribution < -0.4 is 5.32 Å². The van der Waals surface area contributed by atoms with E-state index in [1.807, 2.05) is 0 Å². The SMILES string of the molecule is COCC(=O)N1CCC[C@@H](CCC(=O)Nc2ccc(C(F)(F)F)cc2)C1. The number of ether oxygens (including phenoxy) is 1. The van der Waals surface area contributed by atoms with Gasteiger partial charge < -0.3 is 15.0 Å². The van der Waals surface area contributed by atoms with Gasteiger partial charge in [-0.25, -0.2) is 0 Å². The number of nitrogens with one attached hydrogen (secondary N) is 1. The largest absolute Gasteiger partial charge is 0.416 e. The summed E-state index contributed by atoms with van der Waals surface area (Å²) in [6.45, 7) is 1.37. The summed E-state index contributed by atoms with van der Waals surface area (Å²) in [5.41, 5.74) is -0.415. The van der Waals surface area contributed by atoms with E-state index in [0.717, 1.165) is 25.0 Å². The second kappa shape index (κ2) is 9.02. The summed E-state index contributed by atoms with van der Waals surface area (Å²) in [5, 5.41) is 2.61. The molecule has 0 aliphatic carbocycles. The average Bonchev–Trinajstić information content (AvgIpc) is 2.60. The number of likely N-dealkylation sites (tertiary alicyclic amines) is 1. The summed E-state index contributed by atoms with van der Waals surface area (Å²) >= 11 is 0. The second-order valence-corrected chi connectivity index (χ2v) is 6.44. The van der Waals surface area contributed by atoms with Gasteiger partial charge >= 0.3 is 6.18 Å². The molecule has 0 radical (unpaired) electrons. The van der Waals surface area contributed by atoms with E-state index in [0.29, 0.717) is 25.2 Å². The molecule has 1 heterocycles. The fourth-order valence-electron chi connectivity index (χ4n) is 3.04. The first kappa shape index (κ1) is 20.2. The summed E-state index contributed by atoms with van der Waals surface area (Å²) in [4.78, 5) is 25.6. The number of hydrogen-bond donors (Lipinski definition) is 1. The van der Waals surface area contributed by atoms with E-state index in [2.05, 4.69) is 5.32 Å². The van der Waals surface area contributed by atoms with Crippen LogP contribution in [-0.4, -0.2) is 43.5 Å². The van der Waals surface area contributed by atoms with E-state index < -0.39 is 11.7 Å². The number of benzene rings is 1. The van der Waals surface area contributed by atoms with E-state index in [-0.39, 0.29) is 30.8 Å². The number of nitrogens with zero attached hydrogens (tertiary/aromatic N) is 1. The van der Waals surface area contributed by atoms with Gasteiger partial charge in [-0.15, -0.1) is 0 Å². The Bertz CT molecular complexity index is 617. The minimum Gasteiger partial charge on any atom is -0.375 e. The number of methoxy groups -OCH3 is 1. The van der Waals surface area contributed by atoms with Gasteiger partial charge in [-0.2, -0.15) is 13.2 Å². The molecule has 5 nitrogen and oxygen atoms in total. The van der Waals surface area contributed by atoms with Gasteiger partial charge in [-0.1, -0.05) is 0 Å². The molecule has 0 spiro atoms. The number of amides is 2. The van der Waals surface area contributed by atoms with Gasteiger partial charge in [0.25, 0.3) is 0 Å². The molecule has 0 saturated carbocycles. The Kier molecular flexibility index (Phi) is 7.02. The van der Waals surface area contributed by atoms with Crippen LogP contribution in [0.15, 0.2) is 24.3 Å². The first-order valence-corrected chi connectivity index (χ1v) is 8.53. The number of alkyl halides is 3. The van der Waals surface area contributed by atoms with E-state index in [4.69, 9.17) is 4.74 Å². The Morgan fingerprint density at radius 2 is 1.96 bits per heavy atom. The molecule has 1 saturated heterocycles. The number of carbonyl (C=O) groups excluding carboxylic acids is 2. The van der Waals surface area contributed by atoms with E-state index in [1.165, 1.54) is 19.2 Å². The molecule has 2 rings (SSSR count). The van der Waals surface area contributed by atoms with Gasteiger partial charge in [-0.05, 0) is 49.4 Å². The smallest absolute Gasteiger partial charge is 0.375 e. The van der Waals surface area contributed by atoms with Gasteiger partial charge in [0.15, 0.2) is 0 Å². The van der Waals surface area contributed by atoms with Crippen molar-refractivity contribution in [3.05, 3.63) is 29.8 Å². The molecule has 1 aliphatic rings. The third-order valence-corrected chi connectivity index (χ3v) is 4.42. The molecule has 0 bridgehead atoms. The van der Waals surface area contributed by atoms with Crippen LogP contribution >= 0.6 is 0 Å². The predicted molar refractivity (Wildman–Crippen MR) is 90.5 cm³/mol. The minimum absolute atomic E-state index is 0.0496. The molecule has 2 amide bonds. The van der Waals surface area contributed by atoms with Gasteiger partial charge in [0.2, 0.25) is 11.8 Å². The molecule has 1 aliphatic heterocycles. The summed E-state index contributed by atoms with van der Waals surface area (Å²) in [7, 11) is 1.48. The van der Waals surface area contributed by atoms with Gasteiger partial charge in [0, 0.05) is 32.3 Å². The number of halogens is 3. The molecule has 26 heavy (non-hydrogen) atoms. The maximum Gasteiger partial charge on any atom is 0.416 e. The Hall–Kier alpha value is -2.09. The van der Waals surface area contributed by atoms with Crippen molar-refractivity contribution in [2.75, 3.05) is 32.1 Å². The average molecular weight is 372 g/mol. The zero-order valence-electron chi connectivity index (χ0n) is 14.6. The van der Waals surface area contributed by atoms with E-state index in [9.17, 15) is 22.8 Å². The van der Waals surface area contributed by atoms with Crippen molar-refractivity contribution in [1.82, 2.24) is 4.90 Å². The van der Waals surface area contributed by atoms with Crippen LogP contribution in [0.1, 0.15) is 31.2 Å². The fraction of sp³-hybridized carbons (Fsp3) is 0.556. The molecule has 0 unspecified atom stereocenters. The standard InChI is InChI=1S/C18H23F3N2O3/c1-26-12-17(25)23-10-2-3-13(11-23)4-9-16(24)22-15-7-5-14(6-8-15)18(19,20)21/h5-8,13H,2-4,9-12H2,1H3,(H,22,24)/t13-/m0/s1. The maximum atomic E-state index is 12.5. The lowest BCUT2D eigenvalue weighted by Crippen LogP contribution is -2.41. The Labute approximate surface area is 150 Å². The van der Waals surface area contributed by atoms with Crippen LogP contribution in [0.25, 0.3) is 0 Å². The minimum atomic E-state index is -4.39. The number of rotatable bonds is 6. The molecule has 1 atom stereocenters. The molecule has 1 aromatic rings. The lowest BCUT2D eigenvalue weighted by Gasteiger charge is -2.32. The molecular formula is C18H23F3N2O3. The normalized spacial score (nSPS) is 17.8. The lowest BCUT2D eigenvalue weighted by molar-refractivity contribution is -0.138. The predicted octanol–water partition coefficient (Wildman–Crippen LogP) is 3.31. The quantitative estimate of drug-likeness (QED) is 0.834. The van der Waals surface area contributed by atoms with Crippen molar-refractivity contribution in [2.45, 2.75) is 31.9 Å². The summed E-state index contributed by atoms with van der Waals surface area (Å²) in [6, 6.07) is 4.37. The summed E-state index contributed by atoms with van der Waals surface area (Å²) < 4.78 is 42.4. The molecular weight excluding hydrogens is 349 g/mol. The topological polar surface area (TPSA) is 58.6 Å². The molecule has 144 valence electrons. The van der Waals surface area contributed by atoms with Gasteiger partial charge in [-0.3, -0.25) is 9.59 Å². The molecule has 1 aromatic carbocycles. The third-order valence-electron chi connectivity index (χ3n) is 4.42. The zero-order chi connectivity index (χ0) is 19.2. The first-order chi connectivity index (χ1) is 12.3. The number of piperidine rings is 1. The molecule has 8 heteroatoms. The fourth-order valence-corrected chi connectivity index (χ4v) is 3.04.